The number of carbonyl (C=O) groups is 1. The molecule has 0 N–H and O–H groups in total. The van der Waals surface area contributed by atoms with Crippen LogP contribution in [-0.4, -0.2) is 18.1 Å². The Kier molecular flexibility index (Phi) is 3.55. The lowest BCUT2D eigenvalue weighted by Crippen LogP contribution is -2.01. The number of esters is 1. The SMILES string of the molecule is COC(=O)c1csc(-c2ccccc2I)n1. The number of aromatic nitrogens is 1. The smallest absolute Gasteiger partial charge is 0.357 e. The zero-order valence-corrected chi connectivity index (χ0v) is 11.4. The average molecular weight is 345 g/mol. The molecule has 1 aromatic heterocycles. The maximum Gasteiger partial charge on any atom is 0.357 e. The van der Waals surface area contributed by atoms with Crippen LogP contribution < -0.4 is 0 Å². The van der Waals surface area contributed by atoms with E-state index in [1.165, 1.54) is 18.4 Å². The van der Waals surface area contributed by atoms with E-state index in [4.69, 9.17) is 0 Å². The van der Waals surface area contributed by atoms with Gasteiger partial charge < -0.3 is 4.74 Å². The Morgan fingerprint density at radius 1 is 1.44 bits per heavy atom. The molecule has 82 valence electrons. The van der Waals surface area contributed by atoms with Crippen LogP contribution in [0.5, 0.6) is 0 Å². The predicted molar refractivity (Wildman–Crippen MR) is 71.6 cm³/mol. The van der Waals surface area contributed by atoms with Crippen LogP contribution in [-0.2, 0) is 4.74 Å². The Hall–Kier alpha value is -0.950. The summed E-state index contributed by atoms with van der Waals surface area (Å²) in [6.07, 6.45) is 0. The van der Waals surface area contributed by atoms with Crippen molar-refractivity contribution in [3.63, 3.8) is 0 Å². The zero-order chi connectivity index (χ0) is 11.5. The first kappa shape index (κ1) is 11.5. The summed E-state index contributed by atoms with van der Waals surface area (Å²) in [5.74, 6) is -0.395. The number of rotatable bonds is 2. The van der Waals surface area contributed by atoms with Gasteiger partial charge in [0.25, 0.3) is 0 Å². The molecule has 0 atom stereocenters. The summed E-state index contributed by atoms with van der Waals surface area (Å²) in [4.78, 5) is 15.5. The molecule has 0 unspecified atom stereocenters. The molecule has 0 fully saturated rings. The number of halogens is 1. The Bertz CT molecular complexity index is 524. The molecule has 1 aromatic carbocycles. The molecule has 0 amide bonds. The van der Waals surface area contributed by atoms with E-state index in [0.717, 1.165) is 14.1 Å². The Balaban J connectivity index is 2.39. The first-order chi connectivity index (χ1) is 7.72. The molecule has 0 aliphatic heterocycles. The van der Waals surface area contributed by atoms with Crippen molar-refractivity contribution in [2.45, 2.75) is 0 Å². The van der Waals surface area contributed by atoms with E-state index in [1.807, 2.05) is 24.3 Å². The lowest BCUT2D eigenvalue weighted by Gasteiger charge is -1.98. The maximum absolute atomic E-state index is 11.3. The van der Waals surface area contributed by atoms with Crippen LogP contribution >= 0.6 is 33.9 Å². The molecule has 1 heterocycles. The third-order valence-corrected chi connectivity index (χ3v) is 3.82. The molecule has 0 aliphatic rings. The van der Waals surface area contributed by atoms with Gasteiger partial charge in [-0.25, -0.2) is 9.78 Å². The highest BCUT2D eigenvalue weighted by atomic mass is 127. The molecule has 0 saturated carbocycles. The summed E-state index contributed by atoms with van der Waals surface area (Å²) in [6, 6.07) is 7.92. The van der Waals surface area contributed by atoms with Gasteiger partial charge in [-0.2, -0.15) is 0 Å². The summed E-state index contributed by atoms with van der Waals surface area (Å²) >= 11 is 3.69. The number of benzene rings is 1. The summed E-state index contributed by atoms with van der Waals surface area (Å²) in [5.41, 5.74) is 1.41. The average Bonchev–Trinajstić information content (AvgIpc) is 2.78. The lowest BCUT2D eigenvalue weighted by molar-refractivity contribution is 0.0595. The van der Waals surface area contributed by atoms with E-state index in [2.05, 4.69) is 32.3 Å². The molecule has 16 heavy (non-hydrogen) atoms. The van der Waals surface area contributed by atoms with Crippen molar-refractivity contribution in [3.05, 3.63) is 38.9 Å². The number of thiazole rings is 1. The van der Waals surface area contributed by atoms with Crippen LogP contribution in [0, 0.1) is 3.57 Å². The van der Waals surface area contributed by atoms with E-state index in [-0.39, 0.29) is 0 Å². The fraction of sp³-hybridized carbons (Fsp3) is 0.0909. The molecule has 3 nitrogen and oxygen atoms in total. The minimum atomic E-state index is -0.395. The number of carbonyl (C=O) groups excluding carboxylic acids is 1. The Labute approximate surface area is 111 Å². The minimum absolute atomic E-state index is 0.363. The van der Waals surface area contributed by atoms with Crippen molar-refractivity contribution < 1.29 is 9.53 Å². The largest absolute Gasteiger partial charge is 0.464 e. The molecule has 0 aliphatic carbocycles. The molecular weight excluding hydrogens is 337 g/mol. The fourth-order valence-corrected chi connectivity index (χ4v) is 2.88. The second-order valence-electron chi connectivity index (χ2n) is 3.01. The summed E-state index contributed by atoms with van der Waals surface area (Å²) < 4.78 is 5.74. The summed E-state index contributed by atoms with van der Waals surface area (Å²) in [5, 5.41) is 2.55. The topological polar surface area (TPSA) is 39.2 Å². The molecule has 2 aromatic rings. The third-order valence-electron chi connectivity index (χ3n) is 2.00. The van der Waals surface area contributed by atoms with Gasteiger partial charge in [-0.1, -0.05) is 18.2 Å². The van der Waals surface area contributed by atoms with Crippen LogP contribution in [0.25, 0.3) is 10.6 Å². The van der Waals surface area contributed by atoms with Crippen molar-refractivity contribution in [1.29, 1.82) is 0 Å². The van der Waals surface area contributed by atoms with Crippen molar-refractivity contribution in [1.82, 2.24) is 4.98 Å². The van der Waals surface area contributed by atoms with Crippen LogP contribution in [0.4, 0.5) is 0 Å². The number of hydrogen-bond donors (Lipinski definition) is 0. The van der Waals surface area contributed by atoms with Crippen molar-refractivity contribution in [3.8, 4) is 10.6 Å². The van der Waals surface area contributed by atoms with E-state index in [9.17, 15) is 4.79 Å². The molecule has 0 radical (unpaired) electrons. The van der Waals surface area contributed by atoms with E-state index >= 15 is 0 Å². The van der Waals surface area contributed by atoms with Gasteiger partial charge in [0.15, 0.2) is 5.69 Å². The third kappa shape index (κ3) is 2.25. The molecule has 0 spiro atoms. The van der Waals surface area contributed by atoms with Crippen molar-refractivity contribution in [2.24, 2.45) is 0 Å². The van der Waals surface area contributed by atoms with Crippen molar-refractivity contribution in [2.75, 3.05) is 7.11 Å². The number of nitrogens with zero attached hydrogens (tertiary/aromatic N) is 1. The normalized spacial score (nSPS) is 10.1. The van der Waals surface area contributed by atoms with Gasteiger partial charge in [0, 0.05) is 14.5 Å². The fourth-order valence-electron chi connectivity index (χ4n) is 1.23. The summed E-state index contributed by atoms with van der Waals surface area (Å²) in [7, 11) is 1.35. The van der Waals surface area contributed by atoms with Gasteiger partial charge >= 0.3 is 5.97 Å². The quantitative estimate of drug-likeness (QED) is 0.620. The molecule has 0 bridgehead atoms. The second-order valence-corrected chi connectivity index (χ2v) is 5.03. The monoisotopic (exact) mass is 345 g/mol. The molecule has 2 rings (SSSR count). The van der Waals surface area contributed by atoms with Crippen LogP contribution in [0.2, 0.25) is 0 Å². The highest BCUT2D eigenvalue weighted by Crippen LogP contribution is 2.28. The van der Waals surface area contributed by atoms with E-state index in [0.29, 0.717) is 5.69 Å². The lowest BCUT2D eigenvalue weighted by atomic mass is 10.2. The van der Waals surface area contributed by atoms with Crippen LogP contribution in [0.1, 0.15) is 10.5 Å². The number of ether oxygens (including phenoxy) is 1. The van der Waals surface area contributed by atoms with E-state index in [1.54, 1.807) is 5.38 Å². The second kappa shape index (κ2) is 4.92. The Morgan fingerprint density at radius 2 is 2.19 bits per heavy atom. The first-order valence-corrected chi connectivity index (χ1v) is 6.47. The van der Waals surface area contributed by atoms with Crippen molar-refractivity contribution >= 4 is 39.9 Å². The predicted octanol–water partition coefficient (Wildman–Crippen LogP) is 3.20. The minimum Gasteiger partial charge on any atom is -0.464 e. The number of hydrogen-bond acceptors (Lipinski definition) is 4. The highest BCUT2D eigenvalue weighted by molar-refractivity contribution is 14.1. The van der Waals surface area contributed by atoms with Gasteiger partial charge in [-0.3, -0.25) is 0 Å². The van der Waals surface area contributed by atoms with E-state index < -0.39 is 5.97 Å². The first-order valence-electron chi connectivity index (χ1n) is 4.51. The highest BCUT2D eigenvalue weighted by Gasteiger charge is 2.12. The van der Waals surface area contributed by atoms with Gasteiger partial charge in [-0.05, 0) is 28.7 Å². The Morgan fingerprint density at radius 3 is 2.88 bits per heavy atom. The molecular formula is C11H8INO2S. The van der Waals surface area contributed by atoms with Gasteiger partial charge in [0.1, 0.15) is 5.01 Å². The van der Waals surface area contributed by atoms with Crippen LogP contribution in [0.3, 0.4) is 0 Å². The van der Waals surface area contributed by atoms with Crippen LogP contribution in [0.15, 0.2) is 29.6 Å². The number of methoxy groups -OCH3 is 1. The molecule has 0 saturated heterocycles. The zero-order valence-electron chi connectivity index (χ0n) is 8.44. The standard InChI is InChI=1S/C11H8INO2S/c1-15-11(14)9-6-16-10(13-9)7-4-2-3-5-8(7)12/h2-6H,1H3. The molecule has 5 heteroatoms. The van der Waals surface area contributed by atoms with Gasteiger partial charge in [0.05, 0.1) is 7.11 Å². The van der Waals surface area contributed by atoms with Gasteiger partial charge in [-0.15, -0.1) is 11.3 Å². The maximum atomic E-state index is 11.3. The summed E-state index contributed by atoms with van der Waals surface area (Å²) in [6.45, 7) is 0. The van der Waals surface area contributed by atoms with Gasteiger partial charge in [0.2, 0.25) is 0 Å².